The first kappa shape index (κ1) is 22.8. The number of hydrogen-bond acceptors (Lipinski definition) is 7. The van der Waals surface area contributed by atoms with Crippen LogP contribution in [0.4, 0.5) is 5.69 Å². The molecule has 2 aliphatic rings. The van der Waals surface area contributed by atoms with E-state index >= 15 is 0 Å². The lowest BCUT2D eigenvalue weighted by molar-refractivity contribution is 0.0906. The van der Waals surface area contributed by atoms with Gasteiger partial charge in [0.2, 0.25) is 0 Å². The lowest BCUT2D eigenvalue weighted by Gasteiger charge is -2.40. The zero-order chi connectivity index (χ0) is 23.5. The fourth-order valence-corrected chi connectivity index (χ4v) is 5.13. The standard InChI is InChI=1S/C26H34N6O2/c1-19-6-4-8-24(20(19)2)30-13-15-31(16-14-30)25(21-9-11-22(33-3)12-10-21)26-27-28-29-32(26)18-23-7-5-17-34-23/h4,6,8-12,23,25H,5,7,13-18H2,1-3H3/t23-,25+/m1/s1. The van der Waals surface area contributed by atoms with E-state index < -0.39 is 0 Å². The van der Waals surface area contributed by atoms with Crippen molar-refractivity contribution in [3.05, 3.63) is 65.0 Å². The Labute approximate surface area is 201 Å². The van der Waals surface area contributed by atoms with Crippen LogP contribution in [0.25, 0.3) is 0 Å². The second kappa shape index (κ2) is 10.1. The van der Waals surface area contributed by atoms with E-state index in [2.05, 4.69) is 69.5 Å². The molecule has 0 aliphatic carbocycles. The fraction of sp³-hybridized carbons (Fsp3) is 0.500. The number of anilines is 1. The second-order valence-corrected chi connectivity index (χ2v) is 9.27. The Morgan fingerprint density at radius 2 is 1.85 bits per heavy atom. The van der Waals surface area contributed by atoms with E-state index in [1.807, 2.05) is 16.8 Å². The molecule has 0 N–H and O–H groups in total. The van der Waals surface area contributed by atoms with Gasteiger partial charge in [-0.15, -0.1) is 5.10 Å². The third kappa shape index (κ3) is 4.65. The van der Waals surface area contributed by atoms with Crippen LogP contribution in [0.3, 0.4) is 0 Å². The quantitative estimate of drug-likeness (QED) is 0.533. The van der Waals surface area contributed by atoms with Crippen molar-refractivity contribution in [1.82, 2.24) is 25.1 Å². The van der Waals surface area contributed by atoms with Crippen LogP contribution >= 0.6 is 0 Å². The Morgan fingerprint density at radius 1 is 1.06 bits per heavy atom. The highest BCUT2D eigenvalue weighted by Gasteiger charge is 2.32. The van der Waals surface area contributed by atoms with Crippen LogP contribution in [0.1, 0.15) is 41.4 Å². The molecule has 0 saturated carbocycles. The molecule has 0 amide bonds. The topological polar surface area (TPSA) is 68.5 Å². The molecule has 2 aromatic carbocycles. The second-order valence-electron chi connectivity index (χ2n) is 9.27. The third-order valence-electron chi connectivity index (χ3n) is 7.23. The van der Waals surface area contributed by atoms with E-state index in [-0.39, 0.29) is 12.1 Å². The van der Waals surface area contributed by atoms with Crippen LogP contribution in [0.2, 0.25) is 0 Å². The number of aryl methyl sites for hydroxylation is 1. The summed E-state index contributed by atoms with van der Waals surface area (Å²) >= 11 is 0. The molecule has 8 heteroatoms. The van der Waals surface area contributed by atoms with Crippen molar-refractivity contribution < 1.29 is 9.47 Å². The van der Waals surface area contributed by atoms with Gasteiger partial charge in [0.25, 0.3) is 0 Å². The first-order chi connectivity index (χ1) is 16.6. The molecule has 2 atom stereocenters. The molecule has 5 rings (SSSR count). The summed E-state index contributed by atoms with van der Waals surface area (Å²) in [5.41, 5.74) is 5.21. The monoisotopic (exact) mass is 462 g/mol. The lowest BCUT2D eigenvalue weighted by atomic mass is 10.0. The van der Waals surface area contributed by atoms with Crippen molar-refractivity contribution in [3.8, 4) is 5.75 Å². The number of hydrogen-bond donors (Lipinski definition) is 0. The van der Waals surface area contributed by atoms with Gasteiger partial charge in [-0.2, -0.15) is 0 Å². The van der Waals surface area contributed by atoms with Crippen molar-refractivity contribution in [2.24, 2.45) is 0 Å². The van der Waals surface area contributed by atoms with Crippen molar-refractivity contribution >= 4 is 5.69 Å². The van der Waals surface area contributed by atoms with Crippen LogP contribution < -0.4 is 9.64 Å². The summed E-state index contributed by atoms with van der Waals surface area (Å²) in [6.07, 6.45) is 2.34. The Bertz CT molecular complexity index is 1080. The van der Waals surface area contributed by atoms with Gasteiger partial charge in [0.1, 0.15) is 5.75 Å². The van der Waals surface area contributed by atoms with Crippen molar-refractivity contribution in [2.75, 3.05) is 44.8 Å². The normalized spacial score (nSPS) is 20.0. The predicted octanol–water partition coefficient (Wildman–Crippen LogP) is 3.39. The Balaban J connectivity index is 1.40. The van der Waals surface area contributed by atoms with Crippen molar-refractivity contribution in [3.63, 3.8) is 0 Å². The highest BCUT2D eigenvalue weighted by Crippen LogP contribution is 2.31. The number of methoxy groups -OCH3 is 1. The SMILES string of the molecule is COc1ccc([C@@H](c2nnnn2C[C@H]2CCCO2)N2CCN(c3cccc(C)c3C)CC2)cc1. The summed E-state index contributed by atoms with van der Waals surface area (Å²) in [5, 5.41) is 12.9. The number of ether oxygens (including phenoxy) is 2. The predicted molar refractivity (Wildman–Crippen MR) is 131 cm³/mol. The fourth-order valence-electron chi connectivity index (χ4n) is 5.13. The van der Waals surface area contributed by atoms with Gasteiger partial charge < -0.3 is 14.4 Å². The summed E-state index contributed by atoms with van der Waals surface area (Å²) in [5.74, 6) is 1.72. The number of nitrogens with zero attached hydrogens (tertiary/aromatic N) is 6. The van der Waals surface area contributed by atoms with Crippen LogP contribution in [0, 0.1) is 13.8 Å². The average Bonchev–Trinajstić information content (AvgIpc) is 3.55. The molecule has 2 aliphatic heterocycles. The van der Waals surface area contributed by atoms with Gasteiger partial charge in [-0.1, -0.05) is 24.3 Å². The third-order valence-corrected chi connectivity index (χ3v) is 7.23. The molecular formula is C26H34N6O2. The molecule has 2 fully saturated rings. The highest BCUT2D eigenvalue weighted by atomic mass is 16.5. The number of piperazine rings is 1. The Morgan fingerprint density at radius 3 is 2.56 bits per heavy atom. The summed E-state index contributed by atoms with van der Waals surface area (Å²) in [4.78, 5) is 5.00. The number of aromatic nitrogens is 4. The minimum absolute atomic E-state index is 0.0249. The molecule has 3 aromatic rings. The van der Waals surface area contributed by atoms with E-state index in [4.69, 9.17) is 9.47 Å². The molecule has 34 heavy (non-hydrogen) atoms. The van der Waals surface area contributed by atoms with Crippen molar-refractivity contribution in [1.29, 1.82) is 0 Å². The molecule has 0 bridgehead atoms. The molecule has 8 nitrogen and oxygen atoms in total. The number of benzene rings is 2. The van der Waals surface area contributed by atoms with Crippen LogP contribution in [-0.4, -0.2) is 71.1 Å². The zero-order valence-electron chi connectivity index (χ0n) is 20.4. The molecule has 2 saturated heterocycles. The number of rotatable bonds is 7. The molecule has 0 unspecified atom stereocenters. The summed E-state index contributed by atoms with van der Waals surface area (Å²) in [6.45, 7) is 9.70. The van der Waals surface area contributed by atoms with Gasteiger partial charge >= 0.3 is 0 Å². The van der Waals surface area contributed by atoms with Gasteiger partial charge in [0.15, 0.2) is 5.82 Å². The highest BCUT2D eigenvalue weighted by molar-refractivity contribution is 5.56. The van der Waals surface area contributed by atoms with Crippen molar-refractivity contribution in [2.45, 2.75) is 45.4 Å². The largest absolute Gasteiger partial charge is 0.497 e. The van der Waals surface area contributed by atoms with Gasteiger partial charge in [0, 0.05) is 38.5 Å². The van der Waals surface area contributed by atoms with Gasteiger partial charge in [-0.25, -0.2) is 4.68 Å². The maximum Gasteiger partial charge on any atom is 0.173 e. The minimum Gasteiger partial charge on any atom is -0.497 e. The first-order valence-corrected chi connectivity index (χ1v) is 12.2. The van der Waals surface area contributed by atoms with Gasteiger partial charge in [0.05, 0.1) is 25.8 Å². The number of tetrazole rings is 1. The van der Waals surface area contributed by atoms with Crippen LogP contribution in [0.5, 0.6) is 5.75 Å². The van der Waals surface area contributed by atoms with E-state index in [1.54, 1.807) is 7.11 Å². The molecule has 1 aromatic heterocycles. The molecule has 180 valence electrons. The molecule has 0 spiro atoms. The van der Waals surface area contributed by atoms with E-state index in [9.17, 15) is 0 Å². The van der Waals surface area contributed by atoms with E-state index in [1.165, 1.54) is 22.4 Å². The average molecular weight is 463 g/mol. The molecule has 0 radical (unpaired) electrons. The van der Waals surface area contributed by atoms with Crippen LogP contribution in [-0.2, 0) is 11.3 Å². The van der Waals surface area contributed by atoms with Gasteiger partial charge in [-0.05, 0) is 72.0 Å². The molecular weight excluding hydrogens is 428 g/mol. The Hall–Kier alpha value is -2.97. The van der Waals surface area contributed by atoms with Gasteiger partial charge in [-0.3, -0.25) is 4.90 Å². The summed E-state index contributed by atoms with van der Waals surface area (Å²) < 4.78 is 13.2. The minimum atomic E-state index is -0.0249. The van der Waals surface area contributed by atoms with E-state index in [0.29, 0.717) is 6.54 Å². The smallest absolute Gasteiger partial charge is 0.173 e. The maximum absolute atomic E-state index is 5.87. The first-order valence-electron chi connectivity index (χ1n) is 12.2. The summed E-state index contributed by atoms with van der Waals surface area (Å²) in [6, 6.07) is 14.8. The molecule has 3 heterocycles. The maximum atomic E-state index is 5.87. The Kier molecular flexibility index (Phi) is 6.78. The lowest BCUT2D eigenvalue weighted by Crippen LogP contribution is -2.48. The summed E-state index contributed by atoms with van der Waals surface area (Å²) in [7, 11) is 1.70. The zero-order valence-corrected chi connectivity index (χ0v) is 20.4. The van der Waals surface area contributed by atoms with Crippen LogP contribution in [0.15, 0.2) is 42.5 Å². The van der Waals surface area contributed by atoms with E-state index in [0.717, 1.165) is 57.2 Å².